The number of aromatic nitrogens is 1. The molecule has 0 amide bonds. The lowest BCUT2D eigenvalue weighted by atomic mass is 10.0. The van der Waals surface area contributed by atoms with Crippen LogP contribution in [0.4, 0.5) is 0 Å². The third kappa shape index (κ3) is 4.36. The molecule has 1 atom stereocenters. The van der Waals surface area contributed by atoms with Crippen LogP contribution in [0.2, 0.25) is 0 Å². The van der Waals surface area contributed by atoms with Crippen molar-refractivity contribution in [3.63, 3.8) is 0 Å². The minimum absolute atomic E-state index is 0.121. The fraction of sp³-hybridized carbons (Fsp3) is 0.312. The fourth-order valence-electron chi connectivity index (χ4n) is 1.81. The van der Waals surface area contributed by atoms with Crippen LogP contribution in [-0.2, 0) is 0 Å². The highest BCUT2D eigenvalue weighted by atomic mass is 79.9. The van der Waals surface area contributed by atoms with Gasteiger partial charge in [0.1, 0.15) is 17.5 Å². The SMILES string of the molecule is CC(C)(C)N=NC(c1cccc(Br)c1)c1ncccc1O. The molecule has 0 bridgehead atoms. The van der Waals surface area contributed by atoms with Crippen molar-refractivity contribution in [3.05, 3.63) is 58.3 Å². The molecule has 0 spiro atoms. The Morgan fingerprint density at radius 2 is 1.95 bits per heavy atom. The van der Waals surface area contributed by atoms with Crippen molar-refractivity contribution in [2.75, 3.05) is 0 Å². The summed E-state index contributed by atoms with van der Waals surface area (Å²) < 4.78 is 0.950. The van der Waals surface area contributed by atoms with Gasteiger partial charge in [-0.05, 0) is 50.6 Å². The van der Waals surface area contributed by atoms with Crippen LogP contribution < -0.4 is 0 Å². The predicted molar refractivity (Wildman–Crippen MR) is 86.5 cm³/mol. The van der Waals surface area contributed by atoms with Crippen molar-refractivity contribution in [3.8, 4) is 5.75 Å². The van der Waals surface area contributed by atoms with Gasteiger partial charge in [0.05, 0.1) is 5.54 Å². The normalized spacial score (nSPS) is 13.5. The van der Waals surface area contributed by atoms with E-state index in [0.29, 0.717) is 5.69 Å². The van der Waals surface area contributed by atoms with Crippen molar-refractivity contribution >= 4 is 15.9 Å². The second-order valence-corrected chi connectivity index (χ2v) is 6.67. The topological polar surface area (TPSA) is 57.8 Å². The zero-order valence-electron chi connectivity index (χ0n) is 12.3. The molecule has 110 valence electrons. The summed E-state index contributed by atoms with van der Waals surface area (Å²) in [5.74, 6) is 0.121. The van der Waals surface area contributed by atoms with Gasteiger partial charge in [0.25, 0.3) is 0 Å². The van der Waals surface area contributed by atoms with E-state index < -0.39 is 6.04 Å². The molecule has 1 aromatic carbocycles. The number of nitrogens with zero attached hydrogens (tertiary/aromatic N) is 3. The lowest BCUT2D eigenvalue weighted by Crippen LogP contribution is -2.10. The first-order valence-corrected chi connectivity index (χ1v) is 7.47. The van der Waals surface area contributed by atoms with Gasteiger partial charge in [-0.15, -0.1) is 0 Å². The van der Waals surface area contributed by atoms with Crippen LogP contribution in [0.1, 0.15) is 38.1 Å². The molecule has 1 N–H and O–H groups in total. The van der Waals surface area contributed by atoms with Gasteiger partial charge in [0.15, 0.2) is 0 Å². The van der Waals surface area contributed by atoms with Crippen LogP contribution in [0.25, 0.3) is 0 Å². The van der Waals surface area contributed by atoms with Crippen LogP contribution in [0.15, 0.2) is 57.3 Å². The molecule has 1 aromatic heterocycles. The monoisotopic (exact) mass is 347 g/mol. The van der Waals surface area contributed by atoms with Gasteiger partial charge in [0.2, 0.25) is 0 Å². The van der Waals surface area contributed by atoms with Gasteiger partial charge in [-0.3, -0.25) is 4.98 Å². The molecule has 2 aromatic rings. The Morgan fingerprint density at radius 1 is 1.19 bits per heavy atom. The third-order valence-corrected chi connectivity index (χ3v) is 3.21. The molecule has 0 radical (unpaired) electrons. The summed E-state index contributed by atoms with van der Waals surface area (Å²) in [6.45, 7) is 5.94. The maximum Gasteiger partial charge on any atom is 0.141 e. The lowest BCUT2D eigenvalue weighted by Gasteiger charge is -2.16. The number of hydrogen-bond donors (Lipinski definition) is 1. The molecule has 0 aliphatic heterocycles. The molecule has 4 nitrogen and oxygen atoms in total. The first kappa shape index (κ1) is 15.6. The Labute approximate surface area is 133 Å². The molecular formula is C16H18BrN3O. The molecule has 2 rings (SSSR count). The molecule has 1 heterocycles. The van der Waals surface area contributed by atoms with E-state index in [1.165, 1.54) is 0 Å². The van der Waals surface area contributed by atoms with Crippen molar-refractivity contribution in [2.45, 2.75) is 32.4 Å². The Morgan fingerprint density at radius 3 is 2.57 bits per heavy atom. The number of rotatable bonds is 3. The summed E-state index contributed by atoms with van der Waals surface area (Å²) in [7, 11) is 0. The van der Waals surface area contributed by atoms with E-state index in [2.05, 4.69) is 31.1 Å². The molecule has 0 aliphatic carbocycles. The van der Waals surface area contributed by atoms with E-state index in [4.69, 9.17) is 0 Å². The van der Waals surface area contributed by atoms with E-state index >= 15 is 0 Å². The van der Waals surface area contributed by atoms with E-state index in [9.17, 15) is 5.11 Å². The maximum absolute atomic E-state index is 10.1. The van der Waals surface area contributed by atoms with Gasteiger partial charge in [-0.1, -0.05) is 28.1 Å². The highest BCUT2D eigenvalue weighted by Crippen LogP contribution is 2.32. The first-order chi connectivity index (χ1) is 9.87. The molecule has 0 fully saturated rings. The van der Waals surface area contributed by atoms with Crippen LogP contribution >= 0.6 is 15.9 Å². The average Bonchev–Trinajstić information content (AvgIpc) is 2.40. The minimum Gasteiger partial charge on any atom is -0.506 e. The van der Waals surface area contributed by atoms with Gasteiger partial charge in [-0.25, -0.2) is 0 Å². The van der Waals surface area contributed by atoms with Crippen molar-refractivity contribution < 1.29 is 5.11 Å². The zero-order valence-corrected chi connectivity index (χ0v) is 13.9. The molecule has 5 heteroatoms. The highest BCUT2D eigenvalue weighted by molar-refractivity contribution is 9.10. The van der Waals surface area contributed by atoms with Crippen molar-refractivity contribution in [1.82, 2.24) is 4.98 Å². The number of halogens is 1. The Kier molecular flexibility index (Phi) is 4.73. The Hall–Kier alpha value is -1.75. The maximum atomic E-state index is 10.1. The van der Waals surface area contributed by atoms with Crippen molar-refractivity contribution in [2.24, 2.45) is 10.2 Å². The summed E-state index contributed by atoms with van der Waals surface area (Å²) in [4.78, 5) is 4.27. The van der Waals surface area contributed by atoms with E-state index in [-0.39, 0.29) is 11.3 Å². The molecule has 0 saturated carbocycles. The molecule has 1 unspecified atom stereocenters. The minimum atomic E-state index is -0.428. The van der Waals surface area contributed by atoms with E-state index in [0.717, 1.165) is 10.0 Å². The number of benzene rings is 1. The second kappa shape index (κ2) is 6.35. The number of pyridine rings is 1. The van der Waals surface area contributed by atoms with Crippen LogP contribution in [0, 0.1) is 0 Å². The molecular weight excluding hydrogens is 330 g/mol. The van der Waals surface area contributed by atoms with Crippen LogP contribution in [0.3, 0.4) is 0 Å². The summed E-state index contributed by atoms with van der Waals surface area (Å²) in [5.41, 5.74) is 1.14. The molecule has 21 heavy (non-hydrogen) atoms. The number of hydrogen-bond acceptors (Lipinski definition) is 4. The Balaban J connectivity index is 2.50. The largest absolute Gasteiger partial charge is 0.506 e. The number of azo groups is 1. The molecule has 0 aliphatic rings. The first-order valence-electron chi connectivity index (χ1n) is 6.68. The molecule has 0 saturated heterocycles. The average molecular weight is 348 g/mol. The summed E-state index contributed by atoms with van der Waals surface area (Å²) in [6.07, 6.45) is 1.65. The third-order valence-electron chi connectivity index (χ3n) is 2.71. The highest BCUT2D eigenvalue weighted by Gasteiger charge is 2.20. The predicted octanol–water partition coefficient (Wildman–Crippen LogP) is 4.89. The van der Waals surface area contributed by atoms with Gasteiger partial charge >= 0.3 is 0 Å². The van der Waals surface area contributed by atoms with Gasteiger partial charge in [0, 0.05) is 10.7 Å². The van der Waals surface area contributed by atoms with Crippen LogP contribution in [0.5, 0.6) is 5.75 Å². The standard InChI is InChI=1S/C16H18BrN3O/c1-16(2,3)20-19-14(11-6-4-7-12(17)10-11)15-13(21)8-5-9-18-15/h4-10,14,21H,1-3H3. The summed E-state index contributed by atoms with van der Waals surface area (Å²) >= 11 is 3.46. The number of aromatic hydroxyl groups is 1. The lowest BCUT2D eigenvalue weighted by molar-refractivity contribution is 0.455. The fourth-order valence-corrected chi connectivity index (χ4v) is 2.22. The summed E-state index contributed by atoms with van der Waals surface area (Å²) in [6, 6.07) is 10.7. The van der Waals surface area contributed by atoms with Gasteiger partial charge in [-0.2, -0.15) is 10.2 Å². The van der Waals surface area contributed by atoms with Crippen molar-refractivity contribution in [1.29, 1.82) is 0 Å². The zero-order chi connectivity index (χ0) is 15.5. The summed E-state index contributed by atoms with van der Waals surface area (Å²) in [5, 5.41) is 18.8. The smallest absolute Gasteiger partial charge is 0.141 e. The van der Waals surface area contributed by atoms with E-state index in [1.807, 2.05) is 45.0 Å². The van der Waals surface area contributed by atoms with E-state index in [1.54, 1.807) is 18.3 Å². The Bertz CT molecular complexity index is 650. The van der Waals surface area contributed by atoms with Gasteiger partial charge < -0.3 is 5.11 Å². The quantitative estimate of drug-likeness (QED) is 0.803. The van der Waals surface area contributed by atoms with Crippen LogP contribution in [-0.4, -0.2) is 15.6 Å². The second-order valence-electron chi connectivity index (χ2n) is 5.75.